The van der Waals surface area contributed by atoms with Crippen molar-refractivity contribution in [3.63, 3.8) is 0 Å². The van der Waals surface area contributed by atoms with Gasteiger partial charge in [-0.25, -0.2) is 0 Å². The predicted octanol–water partition coefficient (Wildman–Crippen LogP) is 5.94. The summed E-state index contributed by atoms with van der Waals surface area (Å²) >= 11 is 5.49. The van der Waals surface area contributed by atoms with Crippen LogP contribution >= 0.6 is 27.3 Å². The van der Waals surface area contributed by atoms with E-state index in [1.165, 1.54) is 27.3 Å². The molecular weight excluding hydrogens is 330 g/mol. The minimum atomic E-state index is 0.488. The number of hydrogen-bond donors (Lipinski definition) is 1. The molecule has 1 nitrogen and oxygen atoms in total. The summed E-state index contributed by atoms with van der Waals surface area (Å²) < 4.78 is 1.15. The molecule has 0 aliphatic carbocycles. The third-order valence-electron chi connectivity index (χ3n) is 3.35. The van der Waals surface area contributed by atoms with Crippen LogP contribution in [0.4, 0.5) is 0 Å². The van der Waals surface area contributed by atoms with Crippen molar-refractivity contribution in [3.8, 4) is 10.4 Å². The summed E-state index contributed by atoms with van der Waals surface area (Å²) in [5, 5.41) is 3.62. The van der Waals surface area contributed by atoms with E-state index >= 15 is 0 Å². The van der Waals surface area contributed by atoms with Crippen LogP contribution in [-0.2, 0) is 0 Å². The van der Waals surface area contributed by atoms with Crippen molar-refractivity contribution in [1.29, 1.82) is 0 Å². The van der Waals surface area contributed by atoms with E-state index in [2.05, 4.69) is 72.3 Å². The van der Waals surface area contributed by atoms with Gasteiger partial charge in [-0.3, -0.25) is 0 Å². The molecule has 0 spiro atoms. The molecule has 0 radical (unpaired) electrons. The third kappa shape index (κ3) is 3.94. The number of thiophene rings is 1. The largest absolute Gasteiger partial charge is 0.309 e. The lowest BCUT2D eigenvalue weighted by Gasteiger charge is -2.14. The van der Waals surface area contributed by atoms with Crippen molar-refractivity contribution in [1.82, 2.24) is 5.32 Å². The Labute approximate surface area is 134 Å². The van der Waals surface area contributed by atoms with E-state index in [1.807, 2.05) is 11.3 Å². The van der Waals surface area contributed by atoms with Gasteiger partial charge in [0.25, 0.3) is 0 Å². The van der Waals surface area contributed by atoms with E-state index in [1.54, 1.807) is 0 Å². The molecule has 0 fully saturated rings. The fourth-order valence-electron chi connectivity index (χ4n) is 2.34. The van der Waals surface area contributed by atoms with E-state index in [0.29, 0.717) is 6.04 Å². The van der Waals surface area contributed by atoms with Gasteiger partial charge in [-0.2, -0.15) is 0 Å². The van der Waals surface area contributed by atoms with E-state index in [9.17, 15) is 0 Å². The van der Waals surface area contributed by atoms with Gasteiger partial charge in [-0.05, 0) is 61.7 Å². The molecule has 2 aromatic rings. The monoisotopic (exact) mass is 351 g/mol. The summed E-state index contributed by atoms with van der Waals surface area (Å²) in [7, 11) is 0. The lowest BCUT2D eigenvalue weighted by atomic mass is 10.1. The molecule has 0 saturated carbocycles. The van der Waals surface area contributed by atoms with Crippen molar-refractivity contribution < 1.29 is 0 Å². The molecule has 0 saturated heterocycles. The Balaban J connectivity index is 2.23. The first kappa shape index (κ1) is 15.7. The van der Waals surface area contributed by atoms with Crippen molar-refractivity contribution in [2.24, 2.45) is 0 Å². The zero-order valence-electron chi connectivity index (χ0n) is 12.4. The first-order chi connectivity index (χ1) is 9.63. The fraction of sp³-hybridized carbons (Fsp3) is 0.412. The molecule has 1 unspecified atom stereocenters. The molecule has 2 rings (SSSR count). The summed E-state index contributed by atoms with van der Waals surface area (Å²) in [6, 6.07) is 11.6. The average Bonchev–Trinajstić information content (AvgIpc) is 2.88. The van der Waals surface area contributed by atoms with E-state index in [0.717, 1.165) is 17.4 Å². The zero-order valence-corrected chi connectivity index (χ0v) is 14.8. The van der Waals surface area contributed by atoms with E-state index in [4.69, 9.17) is 0 Å². The van der Waals surface area contributed by atoms with Crippen LogP contribution in [0.3, 0.4) is 0 Å². The summed E-state index contributed by atoms with van der Waals surface area (Å²) in [5.41, 5.74) is 2.60. The normalized spacial score (nSPS) is 12.6. The number of rotatable bonds is 6. The Hall–Kier alpha value is -0.640. The first-order valence-electron chi connectivity index (χ1n) is 7.24. The Bertz CT molecular complexity index is 542. The summed E-state index contributed by atoms with van der Waals surface area (Å²) in [6.45, 7) is 7.68. The molecule has 108 valence electrons. The molecule has 1 aromatic heterocycles. The topological polar surface area (TPSA) is 12.0 Å². The highest BCUT2D eigenvalue weighted by Crippen LogP contribution is 2.34. The SMILES string of the molecule is CCCNC(CC)c1ccc(-c2cc(C)cc(Br)c2)s1. The highest BCUT2D eigenvalue weighted by Gasteiger charge is 2.12. The molecule has 0 aliphatic heterocycles. The summed E-state index contributed by atoms with van der Waals surface area (Å²) in [6.07, 6.45) is 2.32. The van der Waals surface area contributed by atoms with Gasteiger partial charge in [0.15, 0.2) is 0 Å². The molecule has 20 heavy (non-hydrogen) atoms. The molecule has 1 N–H and O–H groups in total. The van der Waals surface area contributed by atoms with Crippen LogP contribution in [0.5, 0.6) is 0 Å². The summed E-state index contributed by atoms with van der Waals surface area (Å²) in [5.74, 6) is 0. The van der Waals surface area contributed by atoms with Crippen molar-refractivity contribution in [2.75, 3.05) is 6.54 Å². The van der Waals surface area contributed by atoms with Crippen molar-refractivity contribution in [3.05, 3.63) is 45.2 Å². The molecule has 1 aromatic carbocycles. The lowest BCUT2D eigenvalue weighted by molar-refractivity contribution is 0.525. The highest BCUT2D eigenvalue weighted by molar-refractivity contribution is 9.10. The molecular formula is C17H22BrNS. The van der Waals surface area contributed by atoms with Gasteiger partial charge < -0.3 is 5.32 Å². The maximum atomic E-state index is 3.62. The lowest BCUT2D eigenvalue weighted by Crippen LogP contribution is -2.20. The quantitative estimate of drug-likeness (QED) is 0.679. The van der Waals surface area contributed by atoms with Crippen LogP contribution in [-0.4, -0.2) is 6.54 Å². The van der Waals surface area contributed by atoms with Gasteiger partial charge in [-0.15, -0.1) is 11.3 Å². The van der Waals surface area contributed by atoms with Crippen LogP contribution in [0.25, 0.3) is 10.4 Å². The van der Waals surface area contributed by atoms with Gasteiger partial charge in [-0.1, -0.05) is 35.8 Å². The minimum Gasteiger partial charge on any atom is -0.309 e. The van der Waals surface area contributed by atoms with Gasteiger partial charge >= 0.3 is 0 Å². The Morgan fingerprint density at radius 1 is 1.20 bits per heavy atom. The van der Waals surface area contributed by atoms with Crippen LogP contribution in [0, 0.1) is 6.92 Å². The van der Waals surface area contributed by atoms with E-state index < -0.39 is 0 Å². The first-order valence-corrected chi connectivity index (χ1v) is 8.85. The second kappa shape index (κ2) is 7.39. The predicted molar refractivity (Wildman–Crippen MR) is 93.5 cm³/mol. The fourth-order valence-corrected chi connectivity index (χ4v) is 4.10. The second-order valence-electron chi connectivity index (χ2n) is 5.13. The van der Waals surface area contributed by atoms with Gasteiger partial charge in [0.1, 0.15) is 0 Å². The molecule has 1 heterocycles. The highest BCUT2D eigenvalue weighted by atomic mass is 79.9. The average molecular weight is 352 g/mol. The van der Waals surface area contributed by atoms with Crippen LogP contribution in [0.1, 0.15) is 43.2 Å². The molecule has 0 aliphatic rings. The standard InChI is InChI=1S/C17H22BrNS/c1-4-8-19-15(5-2)17-7-6-16(20-17)13-9-12(3)10-14(18)11-13/h6-7,9-11,15,19H,4-5,8H2,1-3H3. The van der Waals surface area contributed by atoms with Crippen LogP contribution in [0.15, 0.2) is 34.8 Å². The minimum absolute atomic E-state index is 0.488. The van der Waals surface area contributed by atoms with Gasteiger partial charge in [0.05, 0.1) is 0 Å². The molecule has 0 amide bonds. The van der Waals surface area contributed by atoms with Crippen LogP contribution in [0.2, 0.25) is 0 Å². The number of hydrogen-bond acceptors (Lipinski definition) is 2. The second-order valence-corrected chi connectivity index (χ2v) is 7.17. The number of aryl methyl sites for hydroxylation is 1. The number of nitrogens with one attached hydrogen (secondary N) is 1. The Morgan fingerprint density at radius 3 is 2.65 bits per heavy atom. The van der Waals surface area contributed by atoms with Crippen molar-refractivity contribution >= 4 is 27.3 Å². The smallest absolute Gasteiger partial charge is 0.0412 e. The maximum Gasteiger partial charge on any atom is 0.0412 e. The van der Waals surface area contributed by atoms with Gasteiger partial charge in [0, 0.05) is 20.3 Å². The summed E-state index contributed by atoms with van der Waals surface area (Å²) in [4.78, 5) is 2.79. The Morgan fingerprint density at radius 2 is 2.00 bits per heavy atom. The third-order valence-corrected chi connectivity index (χ3v) is 5.05. The van der Waals surface area contributed by atoms with E-state index in [-0.39, 0.29) is 0 Å². The van der Waals surface area contributed by atoms with Crippen molar-refractivity contribution in [2.45, 2.75) is 39.7 Å². The Kier molecular flexibility index (Phi) is 5.82. The molecule has 3 heteroatoms. The molecule has 1 atom stereocenters. The van der Waals surface area contributed by atoms with Gasteiger partial charge in [0.2, 0.25) is 0 Å². The number of benzene rings is 1. The van der Waals surface area contributed by atoms with Crippen LogP contribution < -0.4 is 5.32 Å². The maximum absolute atomic E-state index is 3.62. The zero-order chi connectivity index (χ0) is 14.5. The number of halogens is 1. The molecule has 0 bridgehead atoms.